The summed E-state index contributed by atoms with van der Waals surface area (Å²) in [6, 6.07) is 12.4. The molecule has 1 unspecified atom stereocenters. The van der Waals surface area contributed by atoms with Crippen molar-refractivity contribution in [2.24, 2.45) is 10.7 Å². The SMILES string of the molecule is Cc1ccc2c(c1)C1(CCSC(N)=N1)c1cc(Br)ccc1O2. The van der Waals surface area contributed by atoms with Gasteiger partial charge in [0, 0.05) is 21.4 Å². The molecule has 0 saturated heterocycles. The first-order valence-electron chi connectivity index (χ1n) is 7.16. The number of halogens is 1. The minimum atomic E-state index is -0.436. The molecule has 2 N–H and O–H groups in total. The first kappa shape index (κ1) is 14.2. The smallest absolute Gasteiger partial charge is 0.155 e. The van der Waals surface area contributed by atoms with Crippen molar-refractivity contribution in [3.8, 4) is 11.5 Å². The van der Waals surface area contributed by atoms with E-state index in [4.69, 9.17) is 15.5 Å². The van der Waals surface area contributed by atoms with Crippen molar-refractivity contribution in [1.29, 1.82) is 0 Å². The van der Waals surface area contributed by atoms with E-state index in [-0.39, 0.29) is 0 Å². The molecule has 2 heterocycles. The number of fused-ring (bicyclic) bond motifs is 4. The molecule has 4 rings (SSSR count). The molecule has 1 atom stereocenters. The van der Waals surface area contributed by atoms with Crippen molar-refractivity contribution < 1.29 is 4.74 Å². The summed E-state index contributed by atoms with van der Waals surface area (Å²) in [6.07, 6.45) is 0.918. The van der Waals surface area contributed by atoms with Crippen LogP contribution in [0, 0.1) is 6.92 Å². The number of benzene rings is 2. The first-order valence-corrected chi connectivity index (χ1v) is 8.93. The Bertz CT molecular complexity index is 752. The van der Waals surface area contributed by atoms with Crippen molar-refractivity contribution >= 4 is 32.9 Å². The second-order valence-electron chi connectivity index (χ2n) is 5.65. The minimum absolute atomic E-state index is 0.436. The van der Waals surface area contributed by atoms with E-state index in [9.17, 15) is 0 Å². The van der Waals surface area contributed by atoms with Gasteiger partial charge in [0.15, 0.2) is 5.17 Å². The van der Waals surface area contributed by atoms with Gasteiger partial charge in [0.25, 0.3) is 0 Å². The number of aryl methyl sites for hydroxylation is 1. The van der Waals surface area contributed by atoms with Crippen LogP contribution in [0.5, 0.6) is 11.5 Å². The summed E-state index contributed by atoms with van der Waals surface area (Å²) in [5.41, 5.74) is 9.05. The molecule has 3 nitrogen and oxygen atoms in total. The van der Waals surface area contributed by atoms with Gasteiger partial charge in [0.2, 0.25) is 0 Å². The van der Waals surface area contributed by atoms with E-state index in [1.54, 1.807) is 11.8 Å². The normalized spacial score (nSPS) is 22.5. The Hall–Kier alpha value is -1.46. The number of rotatable bonds is 0. The summed E-state index contributed by atoms with van der Waals surface area (Å²) in [5, 5.41) is 0.645. The van der Waals surface area contributed by atoms with Gasteiger partial charge in [-0.2, -0.15) is 0 Å². The molecule has 5 heteroatoms. The minimum Gasteiger partial charge on any atom is -0.457 e. The summed E-state index contributed by atoms with van der Waals surface area (Å²) in [4.78, 5) is 4.89. The lowest BCUT2D eigenvalue weighted by molar-refractivity contribution is 0.391. The van der Waals surface area contributed by atoms with Crippen LogP contribution in [0.4, 0.5) is 0 Å². The molecule has 0 aromatic heterocycles. The number of amidine groups is 1. The highest BCUT2D eigenvalue weighted by Gasteiger charge is 2.44. The molecule has 0 fully saturated rings. The standard InChI is InChI=1S/C17H15BrN2OS/c1-10-2-4-14-12(8-10)17(6-7-22-16(19)20-17)13-9-11(18)3-5-15(13)21-14/h2-5,8-9H,6-7H2,1H3,(H2,19,20). The van der Waals surface area contributed by atoms with Crippen molar-refractivity contribution in [3.63, 3.8) is 0 Å². The van der Waals surface area contributed by atoms with E-state index in [1.807, 2.05) is 18.2 Å². The maximum Gasteiger partial charge on any atom is 0.155 e. The summed E-state index contributed by atoms with van der Waals surface area (Å²) in [7, 11) is 0. The van der Waals surface area contributed by atoms with Gasteiger partial charge in [-0.1, -0.05) is 39.3 Å². The number of thioether (sulfide) groups is 1. The van der Waals surface area contributed by atoms with Gasteiger partial charge < -0.3 is 10.5 Å². The summed E-state index contributed by atoms with van der Waals surface area (Å²) < 4.78 is 7.14. The van der Waals surface area contributed by atoms with Gasteiger partial charge in [0.05, 0.1) is 0 Å². The molecule has 0 aliphatic carbocycles. The van der Waals surface area contributed by atoms with Gasteiger partial charge in [-0.15, -0.1) is 0 Å². The zero-order valence-corrected chi connectivity index (χ0v) is 14.5. The Kier molecular flexibility index (Phi) is 3.24. The predicted octanol–water partition coefficient (Wildman–Crippen LogP) is 4.56. The second kappa shape index (κ2) is 5.03. The maximum absolute atomic E-state index is 6.11. The van der Waals surface area contributed by atoms with Crippen molar-refractivity contribution in [3.05, 3.63) is 57.6 Å². The third kappa shape index (κ3) is 2.07. The van der Waals surface area contributed by atoms with Crippen LogP contribution in [0.15, 0.2) is 45.9 Å². The topological polar surface area (TPSA) is 47.6 Å². The van der Waals surface area contributed by atoms with Gasteiger partial charge in [-0.25, -0.2) is 4.99 Å². The average Bonchev–Trinajstić information content (AvgIpc) is 2.49. The number of nitrogens with two attached hydrogens (primary N) is 1. The summed E-state index contributed by atoms with van der Waals surface area (Å²) >= 11 is 5.19. The lowest BCUT2D eigenvalue weighted by atomic mass is 9.78. The van der Waals surface area contributed by atoms with Gasteiger partial charge >= 0.3 is 0 Å². The van der Waals surface area contributed by atoms with Gasteiger partial charge in [-0.3, -0.25) is 0 Å². The number of ether oxygens (including phenoxy) is 1. The van der Waals surface area contributed by atoms with Crippen molar-refractivity contribution in [1.82, 2.24) is 0 Å². The lowest BCUT2D eigenvalue weighted by Crippen LogP contribution is -2.35. The molecule has 2 aromatic carbocycles. The first-order chi connectivity index (χ1) is 10.6. The Morgan fingerprint density at radius 1 is 1.18 bits per heavy atom. The zero-order valence-electron chi connectivity index (χ0n) is 12.1. The molecule has 112 valence electrons. The van der Waals surface area contributed by atoms with Crippen LogP contribution in [-0.2, 0) is 5.54 Å². The van der Waals surface area contributed by atoms with E-state index >= 15 is 0 Å². The van der Waals surface area contributed by atoms with Crippen LogP contribution in [-0.4, -0.2) is 10.9 Å². The Balaban J connectivity index is 2.05. The van der Waals surface area contributed by atoms with E-state index in [2.05, 4.69) is 41.1 Å². The van der Waals surface area contributed by atoms with Crippen LogP contribution in [0.25, 0.3) is 0 Å². The van der Waals surface area contributed by atoms with Gasteiger partial charge in [0.1, 0.15) is 17.0 Å². The molecule has 1 spiro atoms. The second-order valence-corrected chi connectivity index (χ2v) is 7.68. The van der Waals surface area contributed by atoms with Crippen LogP contribution in [0.1, 0.15) is 23.1 Å². The average molecular weight is 375 g/mol. The fourth-order valence-electron chi connectivity index (χ4n) is 3.20. The number of nitrogens with zero attached hydrogens (tertiary/aromatic N) is 1. The van der Waals surface area contributed by atoms with Crippen molar-refractivity contribution in [2.45, 2.75) is 18.9 Å². The van der Waals surface area contributed by atoms with Crippen molar-refractivity contribution in [2.75, 3.05) is 5.75 Å². The molecule has 0 amide bonds. The molecule has 0 radical (unpaired) electrons. The van der Waals surface area contributed by atoms with E-state index in [0.29, 0.717) is 5.17 Å². The van der Waals surface area contributed by atoms with E-state index in [0.717, 1.165) is 39.3 Å². The van der Waals surface area contributed by atoms with Crippen LogP contribution >= 0.6 is 27.7 Å². The van der Waals surface area contributed by atoms with Gasteiger partial charge in [-0.05, 0) is 43.7 Å². The third-order valence-electron chi connectivity index (χ3n) is 4.20. The predicted molar refractivity (Wildman–Crippen MR) is 94.9 cm³/mol. The van der Waals surface area contributed by atoms with Crippen LogP contribution in [0.3, 0.4) is 0 Å². The molecule has 2 aromatic rings. The van der Waals surface area contributed by atoms with E-state index < -0.39 is 5.54 Å². The molecule has 0 bridgehead atoms. The monoisotopic (exact) mass is 374 g/mol. The van der Waals surface area contributed by atoms with Crippen LogP contribution in [0.2, 0.25) is 0 Å². The van der Waals surface area contributed by atoms with E-state index in [1.165, 1.54) is 5.56 Å². The maximum atomic E-state index is 6.11. The molecular weight excluding hydrogens is 360 g/mol. The molecule has 22 heavy (non-hydrogen) atoms. The Morgan fingerprint density at radius 2 is 1.91 bits per heavy atom. The highest BCUT2D eigenvalue weighted by atomic mass is 79.9. The lowest BCUT2D eigenvalue weighted by Gasteiger charge is -2.39. The fourth-order valence-corrected chi connectivity index (χ4v) is 4.39. The number of aliphatic imine (C=N–C) groups is 1. The molecular formula is C17H15BrN2OS. The molecule has 0 saturated carbocycles. The summed E-state index contributed by atoms with van der Waals surface area (Å²) in [6.45, 7) is 2.09. The third-order valence-corrected chi connectivity index (χ3v) is 5.49. The number of hydrogen-bond acceptors (Lipinski definition) is 4. The quantitative estimate of drug-likeness (QED) is 0.735. The highest BCUT2D eigenvalue weighted by molar-refractivity contribution is 9.10. The Morgan fingerprint density at radius 3 is 2.68 bits per heavy atom. The van der Waals surface area contributed by atoms with Crippen LogP contribution < -0.4 is 10.5 Å². The fraction of sp³-hybridized carbons (Fsp3) is 0.235. The molecule has 2 aliphatic heterocycles. The number of hydrogen-bond donors (Lipinski definition) is 1. The molecule has 2 aliphatic rings. The largest absolute Gasteiger partial charge is 0.457 e. The zero-order chi connectivity index (χ0) is 15.3. The summed E-state index contributed by atoms with van der Waals surface area (Å²) in [5.74, 6) is 2.70. The highest BCUT2D eigenvalue weighted by Crippen LogP contribution is 2.53. The Labute approximate surface area is 142 Å².